The van der Waals surface area contributed by atoms with Crippen molar-refractivity contribution in [1.29, 1.82) is 0 Å². The minimum atomic E-state index is -3.42. The number of amides is 1. The fourth-order valence-corrected chi connectivity index (χ4v) is 8.38. The van der Waals surface area contributed by atoms with Crippen LogP contribution in [-0.4, -0.2) is 108 Å². The summed E-state index contributed by atoms with van der Waals surface area (Å²) < 4.78 is 60.0. The molecule has 0 spiro atoms. The minimum Gasteiger partial charge on any atom is -0.496 e. The van der Waals surface area contributed by atoms with Crippen LogP contribution in [0.2, 0.25) is 10.0 Å². The van der Waals surface area contributed by atoms with Crippen LogP contribution in [0.4, 0.5) is 0 Å². The van der Waals surface area contributed by atoms with E-state index in [1.807, 2.05) is 71.0 Å². The number of ether oxygens (including phenoxy) is 6. The summed E-state index contributed by atoms with van der Waals surface area (Å²) in [5, 5.41) is 12.3. The second-order valence-electron chi connectivity index (χ2n) is 15.1. The molecule has 1 saturated heterocycles. The van der Waals surface area contributed by atoms with Gasteiger partial charge in [0.2, 0.25) is 16.4 Å². The maximum atomic E-state index is 12.1. The molecule has 17 heteroatoms. The number of sulfonamides is 1. The maximum Gasteiger partial charge on any atom is 0.326 e. The molecule has 1 aliphatic rings. The van der Waals surface area contributed by atoms with Crippen molar-refractivity contribution < 1.29 is 51.5 Å². The normalized spacial score (nSPS) is 14.0. The Morgan fingerprint density at radius 3 is 1.90 bits per heavy atom. The Bertz CT molecular complexity index is 1850. The van der Waals surface area contributed by atoms with E-state index in [-0.39, 0.29) is 16.9 Å². The summed E-state index contributed by atoms with van der Waals surface area (Å²) in [6, 6.07) is 14.6. The third-order valence-corrected chi connectivity index (χ3v) is 11.9. The Kier molecular flexibility index (Phi) is 27.7. The topological polar surface area (TPSA) is 159 Å². The number of aliphatic carboxylic acids is 1. The van der Waals surface area contributed by atoms with E-state index in [2.05, 4.69) is 31.8 Å². The number of nitrogens with one attached hydrogen (secondary N) is 1. The zero-order chi connectivity index (χ0) is 47.6. The first-order valence-electron chi connectivity index (χ1n) is 21.2. The summed E-state index contributed by atoms with van der Waals surface area (Å²) in [4.78, 5) is 21.7. The largest absolute Gasteiger partial charge is 0.496 e. The van der Waals surface area contributed by atoms with Gasteiger partial charge in [0.25, 0.3) is 0 Å². The first kappa shape index (κ1) is 57.9. The minimum absolute atomic E-state index is 0.164. The highest BCUT2D eigenvalue weighted by molar-refractivity contribution is 7.89. The van der Waals surface area contributed by atoms with Crippen LogP contribution in [0.5, 0.6) is 11.5 Å². The number of benzene rings is 3. The smallest absolute Gasteiger partial charge is 0.326 e. The summed E-state index contributed by atoms with van der Waals surface area (Å²) in [6.07, 6.45) is 5.03. The van der Waals surface area contributed by atoms with E-state index in [9.17, 15) is 23.1 Å². The molecule has 0 saturated carbocycles. The Morgan fingerprint density at radius 2 is 1.41 bits per heavy atom. The average molecular weight is 962 g/mol. The van der Waals surface area contributed by atoms with Crippen molar-refractivity contribution in [2.45, 2.75) is 115 Å². The van der Waals surface area contributed by atoms with Gasteiger partial charge in [-0.2, -0.15) is 4.31 Å². The van der Waals surface area contributed by atoms with E-state index < -0.39 is 27.0 Å². The lowest BCUT2D eigenvalue weighted by molar-refractivity contribution is -0.140. The molecule has 356 valence electrons. The van der Waals surface area contributed by atoms with Crippen LogP contribution in [0, 0.1) is 0 Å². The van der Waals surface area contributed by atoms with Crippen LogP contribution in [0.25, 0.3) is 11.1 Å². The summed E-state index contributed by atoms with van der Waals surface area (Å²) >= 11 is 16.1. The molecule has 63 heavy (non-hydrogen) atoms. The summed E-state index contributed by atoms with van der Waals surface area (Å²) in [5.74, 6) is 0.139. The van der Waals surface area contributed by atoms with E-state index in [0.29, 0.717) is 86.9 Å². The van der Waals surface area contributed by atoms with Crippen molar-refractivity contribution in [3.05, 3.63) is 75.8 Å². The van der Waals surface area contributed by atoms with Gasteiger partial charge in [0.05, 0.1) is 56.7 Å². The van der Waals surface area contributed by atoms with Gasteiger partial charge in [-0.3, -0.25) is 4.79 Å². The van der Waals surface area contributed by atoms with Crippen LogP contribution < -0.4 is 14.8 Å². The van der Waals surface area contributed by atoms with Gasteiger partial charge in [0.1, 0.15) is 22.5 Å². The van der Waals surface area contributed by atoms with Crippen LogP contribution in [-0.2, 0) is 51.6 Å². The van der Waals surface area contributed by atoms with Gasteiger partial charge in [0, 0.05) is 49.7 Å². The Labute approximate surface area is 391 Å². The zero-order valence-electron chi connectivity index (χ0n) is 38.6. The molecule has 2 N–H and O–H groups in total. The third-order valence-electron chi connectivity index (χ3n) is 9.23. The van der Waals surface area contributed by atoms with E-state index in [0.717, 1.165) is 35.1 Å². The van der Waals surface area contributed by atoms with Crippen molar-refractivity contribution in [3.63, 3.8) is 0 Å². The van der Waals surface area contributed by atoms with E-state index >= 15 is 0 Å². The van der Waals surface area contributed by atoms with E-state index in [1.54, 1.807) is 21.3 Å². The predicted octanol–water partition coefficient (Wildman–Crippen LogP) is 9.73. The number of halogens is 2. The molecule has 1 heterocycles. The lowest BCUT2D eigenvalue weighted by Gasteiger charge is -2.29. The predicted molar refractivity (Wildman–Crippen MR) is 255 cm³/mol. The van der Waals surface area contributed by atoms with Crippen LogP contribution in [0.3, 0.4) is 0 Å². The van der Waals surface area contributed by atoms with Crippen molar-refractivity contribution in [2.24, 2.45) is 0 Å². The Balaban J connectivity index is 0.000000775. The number of rotatable bonds is 23. The molecule has 2 atom stereocenters. The van der Waals surface area contributed by atoms with Crippen molar-refractivity contribution in [2.75, 3.05) is 60.8 Å². The van der Waals surface area contributed by atoms with Gasteiger partial charge in [-0.1, -0.05) is 81.6 Å². The number of hydrogen-bond donors (Lipinski definition) is 3. The van der Waals surface area contributed by atoms with Crippen molar-refractivity contribution >= 4 is 58.2 Å². The number of carbonyl (C=O) groups excluding carboxylic acids is 1. The molecule has 1 amide bonds. The molecule has 3 aromatic carbocycles. The number of carbonyl (C=O) groups is 2. The number of methoxy groups -OCH3 is 3. The maximum absolute atomic E-state index is 12.1. The van der Waals surface area contributed by atoms with Gasteiger partial charge in [0.15, 0.2) is 0 Å². The fourth-order valence-electron chi connectivity index (χ4n) is 5.95. The third kappa shape index (κ3) is 21.2. The van der Waals surface area contributed by atoms with Crippen LogP contribution >= 0.6 is 35.8 Å². The molecule has 0 radical (unpaired) electrons. The molecule has 3 aromatic rings. The van der Waals surface area contributed by atoms with Crippen LogP contribution in [0.15, 0.2) is 59.5 Å². The van der Waals surface area contributed by atoms with Gasteiger partial charge >= 0.3 is 5.97 Å². The monoisotopic (exact) mass is 960 g/mol. The second-order valence-corrected chi connectivity index (χ2v) is 18.8. The summed E-state index contributed by atoms with van der Waals surface area (Å²) in [6.45, 7) is 17.7. The molecule has 0 aliphatic carbocycles. The standard InChI is InChI=1S/C31H45NO9S.C10H11Cl2NO2S.C3H8.C2H6/c1-30(2,11-14-41-31(3,42)12-13-36-4)40-16-15-39-20-23-18-26(37-5)28(27(19-23)38-6)24-9-7-22(8-10-24)17-25(29(34)35)32-21-33;11-8-5-9(12)7-10(6-8)16(14,15)13-3-1-2-4-13;1-3-2;1-2/h7-10,18-19,21,25,42H,11-17,20H2,1-6H3,(H,32,33)(H,34,35);5-7H,1-4H2;3H2,1-2H3;1-2H3. The van der Waals surface area contributed by atoms with Gasteiger partial charge in [-0.05, 0) is 87.1 Å². The number of nitrogens with zero attached hydrogens (tertiary/aromatic N) is 1. The SMILES string of the molecule is CC.CCC.COCCC(C)(S)OCCC(C)(C)OCCOCc1cc(OC)c(-c2ccc(CC(NC=O)C(=O)O)cc2)c(OC)c1.O=S(=O)(c1cc(Cl)cc(Cl)c1)N1CCCC1. The van der Waals surface area contributed by atoms with Gasteiger partial charge in [-0.15, -0.1) is 12.6 Å². The second kappa shape index (κ2) is 30.2. The number of carboxylic acids is 1. The average Bonchev–Trinajstić information content (AvgIpc) is 3.80. The zero-order valence-corrected chi connectivity index (χ0v) is 41.9. The highest BCUT2D eigenvalue weighted by Crippen LogP contribution is 2.40. The number of hydrogen-bond acceptors (Lipinski definition) is 11. The molecular weight excluding hydrogens is 892 g/mol. The van der Waals surface area contributed by atoms with Crippen molar-refractivity contribution in [3.8, 4) is 22.6 Å². The highest BCUT2D eigenvalue weighted by Gasteiger charge is 2.28. The van der Waals surface area contributed by atoms with Crippen molar-refractivity contribution in [1.82, 2.24) is 9.62 Å². The Hall–Kier alpha value is -3.12. The summed E-state index contributed by atoms with van der Waals surface area (Å²) in [7, 11) is 1.42. The molecular formula is C46H70Cl2N2O11S2. The molecule has 13 nitrogen and oxygen atoms in total. The number of carboxylic acid groups (broad SMARTS) is 1. The summed E-state index contributed by atoms with van der Waals surface area (Å²) in [5.41, 5.74) is 2.88. The molecule has 4 rings (SSSR count). The van der Waals surface area contributed by atoms with Gasteiger partial charge < -0.3 is 38.8 Å². The number of thiol groups is 1. The quantitative estimate of drug-likeness (QED) is 0.0360. The van der Waals surface area contributed by atoms with E-state index in [4.69, 9.17) is 51.6 Å². The lowest BCUT2D eigenvalue weighted by atomic mass is 9.98. The highest BCUT2D eigenvalue weighted by atomic mass is 35.5. The molecule has 2 unspecified atom stereocenters. The first-order valence-corrected chi connectivity index (χ1v) is 23.8. The fraction of sp³-hybridized carbons (Fsp3) is 0.565. The lowest BCUT2D eigenvalue weighted by Crippen LogP contribution is -2.37. The van der Waals surface area contributed by atoms with Gasteiger partial charge in [-0.25, -0.2) is 13.2 Å². The molecule has 1 aliphatic heterocycles. The Morgan fingerprint density at radius 1 is 0.857 bits per heavy atom. The molecule has 0 bridgehead atoms. The van der Waals surface area contributed by atoms with E-state index in [1.165, 1.54) is 28.9 Å². The van der Waals surface area contributed by atoms with Crippen LogP contribution in [0.1, 0.15) is 91.7 Å². The molecule has 1 fully saturated rings. The molecule has 0 aromatic heterocycles. The first-order chi connectivity index (χ1) is 29.9.